The molecule has 0 aliphatic carbocycles. The Bertz CT molecular complexity index is 1120. The lowest BCUT2D eigenvalue weighted by Gasteiger charge is -2.43. The first-order valence-corrected chi connectivity index (χ1v) is 7.30. The monoisotopic (exact) mass is 300 g/mol. The standard InChI is InChI=1S/C17H8N4O2/c22-15-17(13-18-9-5-1-3-7-11(9)20(13)15)14-19-10-6-2-4-8-12(10)21(14)16(17)23/h1-8H. The molecule has 0 N–H and O–H groups in total. The zero-order chi connectivity index (χ0) is 15.3. The lowest BCUT2D eigenvalue weighted by Crippen LogP contribution is -2.67. The highest BCUT2D eigenvalue weighted by Gasteiger charge is 2.71. The minimum absolute atomic E-state index is 0.256. The van der Waals surface area contributed by atoms with E-state index in [-0.39, 0.29) is 11.8 Å². The van der Waals surface area contributed by atoms with Crippen molar-refractivity contribution in [3.05, 3.63) is 60.2 Å². The summed E-state index contributed by atoms with van der Waals surface area (Å²) in [4.78, 5) is 34.7. The highest BCUT2D eigenvalue weighted by molar-refractivity contribution is 6.27. The Kier molecular flexibility index (Phi) is 1.58. The van der Waals surface area contributed by atoms with Gasteiger partial charge in [-0.2, -0.15) is 0 Å². The Balaban J connectivity index is 1.72. The van der Waals surface area contributed by atoms with Crippen LogP contribution in [0.15, 0.2) is 48.5 Å². The van der Waals surface area contributed by atoms with Crippen molar-refractivity contribution in [1.82, 2.24) is 19.1 Å². The van der Waals surface area contributed by atoms with Crippen LogP contribution in [0.4, 0.5) is 0 Å². The van der Waals surface area contributed by atoms with Crippen LogP contribution < -0.4 is 0 Å². The maximum atomic E-state index is 12.8. The van der Waals surface area contributed by atoms with Gasteiger partial charge in [0, 0.05) is 0 Å². The molecular formula is C17H8N4O2. The summed E-state index contributed by atoms with van der Waals surface area (Å²) in [6.45, 7) is 0. The highest BCUT2D eigenvalue weighted by atomic mass is 16.2. The first-order valence-electron chi connectivity index (χ1n) is 7.30. The Morgan fingerprint density at radius 1 is 0.696 bits per heavy atom. The van der Waals surface area contributed by atoms with E-state index in [4.69, 9.17) is 0 Å². The number of carbonyl (C=O) groups excluding carboxylic acids is 2. The second kappa shape index (κ2) is 3.22. The number of carbonyl (C=O) groups is 2. The highest BCUT2D eigenvalue weighted by Crippen LogP contribution is 2.50. The Labute approximate surface area is 129 Å². The molecule has 4 aromatic rings. The number of hydrogen-bond acceptors (Lipinski definition) is 4. The molecule has 6 nitrogen and oxygen atoms in total. The number of imidazole rings is 2. The molecule has 0 unspecified atom stereocenters. The third kappa shape index (κ3) is 0.937. The van der Waals surface area contributed by atoms with Crippen molar-refractivity contribution in [2.24, 2.45) is 0 Å². The Hall–Kier alpha value is -3.28. The quantitative estimate of drug-likeness (QED) is 0.466. The van der Waals surface area contributed by atoms with Crippen LogP contribution in [0.1, 0.15) is 21.2 Å². The SMILES string of the molecule is O=C1n2c(nc3ccccc32)C12C(=O)n1c2nc2ccccc21. The van der Waals surface area contributed by atoms with Crippen molar-refractivity contribution in [3.63, 3.8) is 0 Å². The summed E-state index contributed by atoms with van der Waals surface area (Å²) in [5.74, 6) is 0.455. The molecule has 2 aliphatic rings. The third-order valence-electron chi connectivity index (χ3n) is 4.84. The molecule has 0 amide bonds. The van der Waals surface area contributed by atoms with Gasteiger partial charge in [0.25, 0.3) is 11.8 Å². The molecule has 4 heterocycles. The first-order chi connectivity index (χ1) is 11.2. The summed E-state index contributed by atoms with van der Waals surface area (Å²) in [6.07, 6.45) is 0. The first kappa shape index (κ1) is 11.3. The number of rotatable bonds is 0. The molecule has 2 aliphatic heterocycles. The summed E-state index contributed by atoms with van der Waals surface area (Å²) < 4.78 is 3.05. The van der Waals surface area contributed by atoms with Crippen LogP contribution in [0.25, 0.3) is 22.1 Å². The van der Waals surface area contributed by atoms with Gasteiger partial charge < -0.3 is 0 Å². The fourth-order valence-electron chi connectivity index (χ4n) is 3.77. The average molecular weight is 300 g/mol. The van der Waals surface area contributed by atoms with Crippen LogP contribution in [0, 0.1) is 0 Å². The van der Waals surface area contributed by atoms with Crippen molar-refractivity contribution in [3.8, 4) is 0 Å². The molecule has 0 atom stereocenters. The molecule has 1 spiro atoms. The van der Waals surface area contributed by atoms with Crippen LogP contribution in [0.2, 0.25) is 0 Å². The van der Waals surface area contributed by atoms with Gasteiger partial charge in [0.05, 0.1) is 22.1 Å². The Morgan fingerprint density at radius 3 is 1.61 bits per heavy atom. The number of benzene rings is 2. The van der Waals surface area contributed by atoms with Crippen molar-refractivity contribution >= 4 is 33.9 Å². The third-order valence-corrected chi connectivity index (χ3v) is 4.84. The van der Waals surface area contributed by atoms with Crippen molar-refractivity contribution in [1.29, 1.82) is 0 Å². The van der Waals surface area contributed by atoms with E-state index >= 15 is 0 Å². The van der Waals surface area contributed by atoms with Gasteiger partial charge in [-0.05, 0) is 24.3 Å². The van der Waals surface area contributed by atoms with Gasteiger partial charge in [0.15, 0.2) is 0 Å². The summed E-state index contributed by atoms with van der Waals surface area (Å²) in [6, 6.07) is 14.8. The molecule has 23 heavy (non-hydrogen) atoms. The smallest absolute Gasteiger partial charge is 0.264 e. The van der Waals surface area contributed by atoms with E-state index in [9.17, 15) is 9.59 Å². The molecule has 0 saturated heterocycles. The van der Waals surface area contributed by atoms with Crippen LogP contribution in [0.5, 0.6) is 0 Å². The molecule has 108 valence electrons. The predicted octanol–water partition coefficient (Wildman–Crippen LogP) is 1.98. The normalized spacial score (nSPS) is 17.2. The molecule has 0 radical (unpaired) electrons. The minimum atomic E-state index is -1.31. The lowest BCUT2D eigenvalue weighted by atomic mass is 9.73. The van der Waals surface area contributed by atoms with E-state index in [0.29, 0.717) is 11.6 Å². The predicted molar refractivity (Wildman–Crippen MR) is 81.5 cm³/mol. The van der Waals surface area contributed by atoms with Gasteiger partial charge >= 0.3 is 0 Å². The average Bonchev–Trinajstić information content (AvgIpc) is 3.08. The van der Waals surface area contributed by atoms with E-state index in [2.05, 4.69) is 9.97 Å². The van der Waals surface area contributed by atoms with E-state index < -0.39 is 5.41 Å². The minimum Gasteiger partial charge on any atom is -0.272 e. The molecule has 6 heteroatoms. The molecule has 0 saturated carbocycles. The zero-order valence-electron chi connectivity index (χ0n) is 11.7. The van der Waals surface area contributed by atoms with Crippen LogP contribution in [-0.4, -0.2) is 30.9 Å². The molecule has 0 fully saturated rings. The number of hydrogen-bond donors (Lipinski definition) is 0. The topological polar surface area (TPSA) is 69.8 Å². The van der Waals surface area contributed by atoms with Crippen molar-refractivity contribution in [2.75, 3.05) is 0 Å². The summed E-state index contributed by atoms with van der Waals surface area (Å²) in [5.41, 5.74) is 1.60. The van der Waals surface area contributed by atoms with E-state index in [1.807, 2.05) is 48.5 Å². The van der Waals surface area contributed by atoms with E-state index in [1.54, 1.807) is 0 Å². The van der Waals surface area contributed by atoms with Gasteiger partial charge in [0.2, 0.25) is 5.41 Å². The zero-order valence-corrected chi connectivity index (χ0v) is 11.7. The molecule has 0 bridgehead atoms. The second-order valence-corrected chi connectivity index (χ2v) is 5.88. The largest absolute Gasteiger partial charge is 0.272 e. The Morgan fingerprint density at radius 2 is 1.13 bits per heavy atom. The van der Waals surface area contributed by atoms with Crippen LogP contribution in [-0.2, 0) is 5.41 Å². The summed E-state index contributed by atoms with van der Waals surface area (Å²) in [5, 5.41) is 0. The summed E-state index contributed by atoms with van der Waals surface area (Å²) >= 11 is 0. The van der Waals surface area contributed by atoms with Gasteiger partial charge in [-0.25, -0.2) is 9.97 Å². The number of aromatic nitrogens is 4. The van der Waals surface area contributed by atoms with Gasteiger partial charge in [-0.3, -0.25) is 18.7 Å². The maximum Gasteiger partial charge on any atom is 0.264 e. The second-order valence-electron chi connectivity index (χ2n) is 5.88. The number of fused-ring (bicyclic) bond motifs is 8. The fraction of sp³-hybridized carbons (Fsp3) is 0.0588. The van der Waals surface area contributed by atoms with Crippen molar-refractivity contribution < 1.29 is 9.59 Å². The number of para-hydroxylation sites is 4. The van der Waals surface area contributed by atoms with Gasteiger partial charge in [-0.1, -0.05) is 24.3 Å². The lowest BCUT2D eigenvalue weighted by molar-refractivity contribution is 0.0529. The summed E-state index contributed by atoms with van der Waals surface area (Å²) in [7, 11) is 0. The van der Waals surface area contributed by atoms with E-state index in [0.717, 1.165) is 22.1 Å². The fourth-order valence-corrected chi connectivity index (χ4v) is 3.77. The van der Waals surface area contributed by atoms with Crippen LogP contribution >= 0.6 is 0 Å². The molecular weight excluding hydrogens is 292 g/mol. The van der Waals surface area contributed by atoms with Crippen molar-refractivity contribution in [2.45, 2.75) is 5.41 Å². The van der Waals surface area contributed by atoms with Crippen LogP contribution in [0.3, 0.4) is 0 Å². The molecule has 2 aromatic heterocycles. The van der Waals surface area contributed by atoms with Gasteiger partial charge in [-0.15, -0.1) is 0 Å². The maximum absolute atomic E-state index is 12.8. The molecule has 2 aromatic carbocycles. The van der Waals surface area contributed by atoms with Gasteiger partial charge in [0.1, 0.15) is 11.6 Å². The van der Waals surface area contributed by atoms with E-state index in [1.165, 1.54) is 9.13 Å². The number of nitrogens with zero attached hydrogens (tertiary/aromatic N) is 4. The molecule has 6 rings (SSSR count).